The third-order valence-electron chi connectivity index (χ3n) is 2.44. The summed E-state index contributed by atoms with van der Waals surface area (Å²) in [4.78, 5) is 0. The zero-order chi connectivity index (χ0) is 12.6. The second-order valence-corrected chi connectivity index (χ2v) is 4.47. The first-order valence-electron chi connectivity index (χ1n) is 5.78. The van der Waals surface area contributed by atoms with E-state index in [4.69, 9.17) is 4.74 Å². The van der Waals surface area contributed by atoms with Gasteiger partial charge in [-0.05, 0) is 0 Å². The topological polar surface area (TPSA) is 9.23 Å². The number of hydrogen-bond acceptors (Lipinski definition) is 1. The number of benzene rings is 2. The summed E-state index contributed by atoms with van der Waals surface area (Å²) < 4.78 is 6.42. The molecule has 0 saturated heterocycles. The Labute approximate surface area is 116 Å². The van der Waals surface area contributed by atoms with E-state index in [1.54, 1.807) is 0 Å². The molecule has 90 valence electrons. The van der Waals surface area contributed by atoms with Crippen LogP contribution in [0.3, 0.4) is 0 Å². The Hall–Kier alpha value is -1.46. The van der Waals surface area contributed by atoms with Crippen molar-refractivity contribution in [1.29, 1.82) is 0 Å². The maximum atomic E-state index is 5.62. The van der Waals surface area contributed by atoms with Crippen LogP contribution in [-0.2, 0) is 27.2 Å². The second kappa shape index (κ2) is 7.08. The molecule has 0 atom stereocenters. The average Bonchev–Trinajstić information content (AvgIpc) is 2.45. The summed E-state index contributed by atoms with van der Waals surface area (Å²) in [5.41, 5.74) is 2.33. The minimum absolute atomic E-state index is 0.586. The third-order valence-corrected chi connectivity index (χ3v) is 2.83. The van der Waals surface area contributed by atoms with E-state index in [0.29, 0.717) is 6.61 Å². The van der Waals surface area contributed by atoms with Crippen molar-refractivity contribution < 1.29 is 20.6 Å². The van der Waals surface area contributed by atoms with Gasteiger partial charge in [0.15, 0.2) is 0 Å². The number of hydrogen-bond donors (Lipinski definition) is 0. The molecule has 0 aromatic heterocycles. The van der Waals surface area contributed by atoms with Crippen molar-refractivity contribution in [2.75, 3.05) is 0 Å². The van der Waals surface area contributed by atoms with Gasteiger partial charge in [-0.1, -0.05) is 0 Å². The number of rotatable bonds is 5. The van der Waals surface area contributed by atoms with E-state index < -0.39 is 0 Å². The molecular weight excluding hydrogens is 260 g/mol. The van der Waals surface area contributed by atoms with Gasteiger partial charge in [-0.25, -0.2) is 0 Å². The van der Waals surface area contributed by atoms with E-state index >= 15 is 0 Å². The number of ether oxygens (including phenoxy) is 1. The summed E-state index contributed by atoms with van der Waals surface area (Å²) in [6.45, 7) is 0.586. The molecule has 2 heteroatoms. The van der Waals surface area contributed by atoms with Crippen LogP contribution in [0.5, 0.6) is 0 Å². The molecule has 0 N–H and O–H groups in total. The molecule has 2 rings (SSSR count). The fourth-order valence-corrected chi connectivity index (χ4v) is 1.70. The van der Waals surface area contributed by atoms with E-state index in [1.165, 1.54) is 5.56 Å². The Bertz CT molecular complexity index is 517. The molecule has 0 amide bonds. The van der Waals surface area contributed by atoms with Crippen molar-refractivity contribution in [3.8, 4) is 0 Å². The summed E-state index contributed by atoms with van der Waals surface area (Å²) in [6, 6.07) is 20.3. The third kappa shape index (κ3) is 4.43. The Kier molecular flexibility index (Phi) is 5.11. The molecular formula is C16H14CrO. The van der Waals surface area contributed by atoms with E-state index in [2.05, 4.69) is 28.0 Å². The second-order valence-electron chi connectivity index (χ2n) is 3.84. The Morgan fingerprint density at radius 2 is 1.56 bits per heavy atom. The first-order valence-corrected chi connectivity index (χ1v) is 6.42. The van der Waals surface area contributed by atoms with E-state index in [-0.39, 0.29) is 0 Å². The molecule has 0 bridgehead atoms. The van der Waals surface area contributed by atoms with Crippen LogP contribution in [0.1, 0.15) is 11.1 Å². The van der Waals surface area contributed by atoms with Gasteiger partial charge >= 0.3 is 116 Å². The molecule has 0 saturated carbocycles. The van der Waals surface area contributed by atoms with Crippen LogP contribution >= 0.6 is 0 Å². The van der Waals surface area contributed by atoms with Gasteiger partial charge in [-0.2, -0.15) is 0 Å². The maximum absolute atomic E-state index is 5.62. The van der Waals surface area contributed by atoms with Gasteiger partial charge in [-0.15, -0.1) is 0 Å². The first kappa shape index (κ1) is 13.0. The van der Waals surface area contributed by atoms with Crippen LogP contribution in [0.15, 0.2) is 66.7 Å². The van der Waals surface area contributed by atoms with Crippen molar-refractivity contribution in [3.05, 3.63) is 77.9 Å². The molecule has 0 aliphatic rings. The first-order chi connectivity index (χ1) is 8.84. The van der Waals surface area contributed by atoms with Gasteiger partial charge < -0.3 is 0 Å². The SMILES string of the molecule is [Cr]=[C](/C=C/c1ccccc1)OCc1ccccc1. The van der Waals surface area contributed by atoms with Gasteiger partial charge in [0.2, 0.25) is 0 Å². The molecule has 0 spiro atoms. The molecule has 0 aliphatic carbocycles. The van der Waals surface area contributed by atoms with E-state index in [9.17, 15) is 0 Å². The van der Waals surface area contributed by atoms with Crippen LogP contribution < -0.4 is 0 Å². The molecule has 0 heterocycles. The van der Waals surface area contributed by atoms with Gasteiger partial charge in [-0.3, -0.25) is 0 Å². The molecule has 0 aliphatic heterocycles. The van der Waals surface area contributed by atoms with Crippen molar-refractivity contribution in [1.82, 2.24) is 0 Å². The fraction of sp³-hybridized carbons (Fsp3) is 0.0625. The monoisotopic (exact) mass is 274 g/mol. The standard InChI is InChI=1S/C16H14O.Cr/c1-3-8-15(9-4-1)12-7-13-17-14-16-10-5-2-6-11-16;/h1-12H,14H2;/b12-7+;. The Morgan fingerprint density at radius 3 is 2.22 bits per heavy atom. The zero-order valence-electron chi connectivity index (χ0n) is 9.95. The summed E-state index contributed by atoms with van der Waals surface area (Å²) in [6.07, 6.45) is 3.97. The van der Waals surface area contributed by atoms with Gasteiger partial charge in [0, 0.05) is 0 Å². The van der Waals surface area contributed by atoms with Crippen LogP contribution in [0.2, 0.25) is 0 Å². The Morgan fingerprint density at radius 1 is 0.944 bits per heavy atom. The van der Waals surface area contributed by atoms with Crippen molar-refractivity contribution >= 4 is 10.6 Å². The van der Waals surface area contributed by atoms with Crippen molar-refractivity contribution in [2.45, 2.75) is 6.61 Å². The predicted molar refractivity (Wildman–Crippen MR) is 71.7 cm³/mol. The molecule has 2 aromatic rings. The summed E-state index contributed by atoms with van der Waals surface area (Å²) in [5, 5.41) is 0. The summed E-state index contributed by atoms with van der Waals surface area (Å²) >= 11 is 2.93. The van der Waals surface area contributed by atoms with Gasteiger partial charge in [0.25, 0.3) is 0 Å². The summed E-state index contributed by atoms with van der Waals surface area (Å²) in [7, 11) is 0. The van der Waals surface area contributed by atoms with E-state index in [1.807, 2.05) is 60.7 Å². The molecule has 1 nitrogen and oxygen atoms in total. The molecule has 2 aromatic carbocycles. The van der Waals surface area contributed by atoms with Gasteiger partial charge in [0.1, 0.15) is 0 Å². The zero-order valence-corrected chi connectivity index (χ0v) is 11.2. The minimum atomic E-state index is 0.586. The molecule has 0 unspecified atom stereocenters. The van der Waals surface area contributed by atoms with E-state index in [0.717, 1.165) is 10.1 Å². The quantitative estimate of drug-likeness (QED) is 0.809. The normalized spacial score (nSPS) is 10.7. The average molecular weight is 274 g/mol. The van der Waals surface area contributed by atoms with Crippen LogP contribution in [0.25, 0.3) is 6.08 Å². The van der Waals surface area contributed by atoms with Crippen molar-refractivity contribution in [2.24, 2.45) is 0 Å². The fourth-order valence-electron chi connectivity index (χ4n) is 1.51. The van der Waals surface area contributed by atoms with Crippen LogP contribution in [0.4, 0.5) is 0 Å². The molecule has 0 radical (unpaired) electrons. The predicted octanol–water partition coefficient (Wildman–Crippen LogP) is 3.59. The molecule has 18 heavy (non-hydrogen) atoms. The molecule has 0 fully saturated rings. The Balaban J connectivity index is 1.84. The van der Waals surface area contributed by atoms with Crippen LogP contribution in [-0.4, -0.2) is 4.57 Å². The van der Waals surface area contributed by atoms with Gasteiger partial charge in [0.05, 0.1) is 0 Å². The van der Waals surface area contributed by atoms with Crippen LogP contribution in [0, 0.1) is 0 Å². The van der Waals surface area contributed by atoms with Crippen molar-refractivity contribution in [3.63, 3.8) is 0 Å². The summed E-state index contributed by atoms with van der Waals surface area (Å²) in [5.74, 6) is 0.